The van der Waals surface area contributed by atoms with Gasteiger partial charge in [0.25, 0.3) is 5.91 Å². The Morgan fingerprint density at radius 1 is 1.53 bits per heavy atom. The van der Waals surface area contributed by atoms with Crippen molar-refractivity contribution >= 4 is 5.91 Å². The zero-order chi connectivity index (χ0) is 12.5. The summed E-state index contributed by atoms with van der Waals surface area (Å²) in [5, 5.41) is 13.7. The molecule has 1 aromatic carbocycles. The maximum absolute atomic E-state index is 11.2. The van der Waals surface area contributed by atoms with Gasteiger partial charge in [-0.05, 0) is 24.7 Å². The number of nitriles is 1. The van der Waals surface area contributed by atoms with Crippen molar-refractivity contribution in [2.75, 3.05) is 20.2 Å². The number of ether oxygens (including phenoxy) is 1. The molecule has 0 heterocycles. The van der Waals surface area contributed by atoms with Gasteiger partial charge in [0.1, 0.15) is 12.3 Å². The van der Waals surface area contributed by atoms with Crippen LogP contribution in [0.5, 0.6) is 5.75 Å². The van der Waals surface area contributed by atoms with E-state index in [1.807, 2.05) is 31.3 Å². The third kappa shape index (κ3) is 5.00. The van der Waals surface area contributed by atoms with Crippen LogP contribution in [0.25, 0.3) is 0 Å². The SMILES string of the molecule is CNCc1cccc(OCC(=O)NCC#N)c1. The molecule has 0 unspecified atom stereocenters. The molecule has 0 radical (unpaired) electrons. The lowest BCUT2D eigenvalue weighted by Crippen LogP contribution is -2.29. The van der Waals surface area contributed by atoms with Crippen molar-refractivity contribution in [3.63, 3.8) is 0 Å². The molecular formula is C12H15N3O2. The number of hydrogen-bond donors (Lipinski definition) is 2. The maximum atomic E-state index is 11.2. The molecule has 90 valence electrons. The van der Waals surface area contributed by atoms with Crippen LogP contribution in [0.15, 0.2) is 24.3 Å². The fraction of sp³-hybridized carbons (Fsp3) is 0.333. The first-order valence-corrected chi connectivity index (χ1v) is 5.26. The van der Waals surface area contributed by atoms with Crippen LogP contribution in [0.3, 0.4) is 0 Å². The molecule has 1 rings (SSSR count). The van der Waals surface area contributed by atoms with Crippen molar-refractivity contribution in [3.05, 3.63) is 29.8 Å². The molecule has 0 saturated carbocycles. The van der Waals surface area contributed by atoms with E-state index in [9.17, 15) is 4.79 Å². The molecule has 0 saturated heterocycles. The lowest BCUT2D eigenvalue weighted by Gasteiger charge is -2.07. The Hall–Kier alpha value is -2.06. The Morgan fingerprint density at radius 3 is 3.06 bits per heavy atom. The Bertz CT molecular complexity index is 412. The molecule has 0 fully saturated rings. The van der Waals surface area contributed by atoms with Gasteiger partial charge in [0.2, 0.25) is 0 Å². The van der Waals surface area contributed by atoms with Gasteiger partial charge in [-0.25, -0.2) is 0 Å². The predicted molar refractivity (Wildman–Crippen MR) is 63.3 cm³/mol. The predicted octanol–water partition coefficient (Wildman–Crippen LogP) is 0.425. The molecule has 1 aromatic rings. The van der Waals surface area contributed by atoms with Crippen molar-refractivity contribution in [3.8, 4) is 11.8 Å². The van der Waals surface area contributed by atoms with Crippen LogP contribution in [-0.4, -0.2) is 26.1 Å². The minimum Gasteiger partial charge on any atom is -0.484 e. The summed E-state index contributed by atoms with van der Waals surface area (Å²) in [6.07, 6.45) is 0. The molecule has 0 atom stereocenters. The minimum absolute atomic E-state index is 0.00197. The van der Waals surface area contributed by atoms with Crippen molar-refractivity contribution in [2.45, 2.75) is 6.54 Å². The molecule has 0 aliphatic carbocycles. The fourth-order valence-electron chi connectivity index (χ4n) is 1.29. The Balaban J connectivity index is 2.43. The van der Waals surface area contributed by atoms with Crippen LogP contribution in [-0.2, 0) is 11.3 Å². The summed E-state index contributed by atoms with van der Waals surface area (Å²) in [4.78, 5) is 11.2. The minimum atomic E-state index is -0.300. The molecule has 17 heavy (non-hydrogen) atoms. The molecule has 0 aliphatic rings. The number of amides is 1. The summed E-state index contributed by atoms with van der Waals surface area (Å²) >= 11 is 0. The summed E-state index contributed by atoms with van der Waals surface area (Å²) in [5.74, 6) is 0.343. The molecule has 0 spiro atoms. The average Bonchev–Trinajstić information content (AvgIpc) is 2.35. The van der Waals surface area contributed by atoms with Gasteiger partial charge in [0.15, 0.2) is 6.61 Å². The standard InChI is InChI=1S/C12H15N3O2/c1-14-8-10-3-2-4-11(7-10)17-9-12(16)15-6-5-13/h2-4,7,14H,6,8-9H2,1H3,(H,15,16). The van der Waals surface area contributed by atoms with E-state index in [1.54, 1.807) is 6.07 Å². The molecule has 5 nitrogen and oxygen atoms in total. The third-order valence-electron chi connectivity index (χ3n) is 2.01. The summed E-state index contributed by atoms with van der Waals surface area (Å²) in [5.41, 5.74) is 1.09. The zero-order valence-electron chi connectivity index (χ0n) is 9.69. The van der Waals surface area contributed by atoms with E-state index < -0.39 is 0 Å². The number of hydrogen-bond acceptors (Lipinski definition) is 4. The average molecular weight is 233 g/mol. The monoisotopic (exact) mass is 233 g/mol. The van der Waals surface area contributed by atoms with Gasteiger partial charge in [-0.2, -0.15) is 5.26 Å². The summed E-state index contributed by atoms with van der Waals surface area (Å²) in [7, 11) is 1.86. The van der Waals surface area contributed by atoms with Gasteiger partial charge < -0.3 is 15.4 Å². The first-order valence-electron chi connectivity index (χ1n) is 5.26. The summed E-state index contributed by atoms with van der Waals surface area (Å²) < 4.78 is 5.30. The van der Waals surface area contributed by atoms with Gasteiger partial charge in [-0.15, -0.1) is 0 Å². The van der Waals surface area contributed by atoms with Gasteiger partial charge in [0.05, 0.1) is 6.07 Å². The van der Waals surface area contributed by atoms with E-state index in [4.69, 9.17) is 10.00 Å². The largest absolute Gasteiger partial charge is 0.484 e. The number of benzene rings is 1. The Morgan fingerprint density at radius 2 is 2.35 bits per heavy atom. The van der Waals surface area contributed by atoms with E-state index in [2.05, 4.69) is 10.6 Å². The van der Waals surface area contributed by atoms with Crippen LogP contribution in [0, 0.1) is 11.3 Å². The topological polar surface area (TPSA) is 74.2 Å². The summed E-state index contributed by atoms with van der Waals surface area (Å²) in [6, 6.07) is 9.33. The van der Waals surface area contributed by atoms with Crippen LogP contribution in [0.4, 0.5) is 0 Å². The normalized spacial score (nSPS) is 9.41. The third-order valence-corrected chi connectivity index (χ3v) is 2.01. The van der Waals surface area contributed by atoms with Crippen molar-refractivity contribution in [1.29, 1.82) is 5.26 Å². The highest BCUT2D eigenvalue weighted by Gasteiger charge is 2.02. The second-order valence-electron chi connectivity index (χ2n) is 3.40. The number of carbonyl (C=O) groups excluding carboxylic acids is 1. The highest BCUT2D eigenvalue weighted by molar-refractivity contribution is 5.77. The van der Waals surface area contributed by atoms with Gasteiger partial charge >= 0.3 is 0 Å². The van der Waals surface area contributed by atoms with Crippen molar-refractivity contribution in [1.82, 2.24) is 10.6 Å². The van der Waals surface area contributed by atoms with Gasteiger partial charge in [-0.3, -0.25) is 4.79 Å². The molecule has 5 heteroatoms. The first kappa shape index (κ1) is 13.0. The van der Waals surface area contributed by atoms with E-state index in [0.717, 1.165) is 12.1 Å². The quantitative estimate of drug-likeness (QED) is 0.698. The number of nitrogens with one attached hydrogen (secondary N) is 2. The smallest absolute Gasteiger partial charge is 0.258 e. The summed E-state index contributed by atoms with van der Waals surface area (Å²) in [6.45, 7) is 0.671. The van der Waals surface area contributed by atoms with Crippen molar-refractivity contribution in [2.24, 2.45) is 0 Å². The molecule has 0 aromatic heterocycles. The molecule has 0 aliphatic heterocycles. The Kier molecular flexibility index (Phi) is 5.55. The Labute approximate surface area is 100 Å². The number of carbonyl (C=O) groups is 1. The van der Waals surface area contributed by atoms with E-state index in [1.165, 1.54) is 0 Å². The van der Waals surface area contributed by atoms with Crippen LogP contribution >= 0.6 is 0 Å². The first-order chi connectivity index (χ1) is 8.26. The zero-order valence-corrected chi connectivity index (χ0v) is 9.69. The number of nitrogens with zero attached hydrogens (tertiary/aromatic N) is 1. The van der Waals surface area contributed by atoms with Crippen molar-refractivity contribution < 1.29 is 9.53 Å². The molecular weight excluding hydrogens is 218 g/mol. The fourth-order valence-corrected chi connectivity index (χ4v) is 1.29. The van der Waals surface area contributed by atoms with Gasteiger partial charge in [0, 0.05) is 6.54 Å². The second-order valence-corrected chi connectivity index (χ2v) is 3.40. The van der Waals surface area contributed by atoms with Crippen LogP contribution < -0.4 is 15.4 Å². The van der Waals surface area contributed by atoms with Gasteiger partial charge in [-0.1, -0.05) is 12.1 Å². The second kappa shape index (κ2) is 7.25. The van der Waals surface area contributed by atoms with Crippen LogP contribution in [0.1, 0.15) is 5.56 Å². The maximum Gasteiger partial charge on any atom is 0.258 e. The van der Waals surface area contributed by atoms with E-state index in [-0.39, 0.29) is 19.1 Å². The van der Waals surface area contributed by atoms with E-state index >= 15 is 0 Å². The van der Waals surface area contributed by atoms with Crippen LogP contribution in [0.2, 0.25) is 0 Å². The number of rotatable bonds is 6. The molecule has 2 N–H and O–H groups in total. The highest BCUT2D eigenvalue weighted by atomic mass is 16.5. The highest BCUT2D eigenvalue weighted by Crippen LogP contribution is 2.12. The molecule has 0 bridgehead atoms. The lowest BCUT2D eigenvalue weighted by atomic mass is 10.2. The molecule has 1 amide bonds. The lowest BCUT2D eigenvalue weighted by molar-refractivity contribution is -0.122. The van der Waals surface area contributed by atoms with E-state index in [0.29, 0.717) is 5.75 Å².